The molecule has 1 aromatic heterocycles. The summed E-state index contributed by atoms with van der Waals surface area (Å²) in [5.74, 6) is 0.430. The van der Waals surface area contributed by atoms with Crippen LogP contribution in [0.15, 0.2) is 48.7 Å². The van der Waals surface area contributed by atoms with Gasteiger partial charge in [-0.2, -0.15) is 0 Å². The summed E-state index contributed by atoms with van der Waals surface area (Å²) in [7, 11) is 0. The van der Waals surface area contributed by atoms with Gasteiger partial charge in [0.05, 0.1) is 19.3 Å². The minimum atomic E-state index is -0.176. The van der Waals surface area contributed by atoms with Gasteiger partial charge < -0.3 is 19.7 Å². The number of nitrogens with zero attached hydrogens (tertiary/aromatic N) is 2. The normalized spacial score (nSPS) is 20.2. The van der Waals surface area contributed by atoms with E-state index in [-0.39, 0.29) is 18.2 Å². The molecule has 1 aliphatic rings. The van der Waals surface area contributed by atoms with Crippen LogP contribution in [0.5, 0.6) is 5.88 Å². The molecule has 0 radical (unpaired) electrons. The van der Waals surface area contributed by atoms with Gasteiger partial charge in [0, 0.05) is 12.7 Å². The molecule has 2 heterocycles. The van der Waals surface area contributed by atoms with E-state index < -0.39 is 0 Å². The number of aromatic nitrogens is 1. The van der Waals surface area contributed by atoms with Gasteiger partial charge >= 0.3 is 6.03 Å². The van der Waals surface area contributed by atoms with Crippen molar-refractivity contribution in [2.24, 2.45) is 0 Å². The standard InChI is InChI=1S/C19H23N3O3/c1-3-24-18-16(10-7-11-20-18)21-19(23)22-12-14(2)25-17(13-22)15-8-5-4-6-9-15/h4-11,14,17H,3,12-13H2,1-2H3,(H,21,23)/t14-,17-/m1/s1. The summed E-state index contributed by atoms with van der Waals surface area (Å²) in [5.41, 5.74) is 1.65. The van der Waals surface area contributed by atoms with Crippen molar-refractivity contribution in [3.05, 3.63) is 54.2 Å². The molecule has 1 fully saturated rings. The van der Waals surface area contributed by atoms with Crippen LogP contribution in [0.3, 0.4) is 0 Å². The summed E-state index contributed by atoms with van der Waals surface area (Å²) in [4.78, 5) is 18.7. The quantitative estimate of drug-likeness (QED) is 0.925. The lowest BCUT2D eigenvalue weighted by atomic mass is 10.1. The summed E-state index contributed by atoms with van der Waals surface area (Å²) in [5, 5.41) is 2.90. The Morgan fingerprint density at radius 2 is 2.08 bits per heavy atom. The van der Waals surface area contributed by atoms with Crippen LogP contribution < -0.4 is 10.1 Å². The predicted octanol–water partition coefficient (Wildman–Crippen LogP) is 3.47. The first-order valence-electron chi connectivity index (χ1n) is 8.51. The molecule has 25 heavy (non-hydrogen) atoms. The average Bonchev–Trinajstić information content (AvgIpc) is 2.64. The van der Waals surface area contributed by atoms with Crippen molar-refractivity contribution >= 4 is 11.7 Å². The van der Waals surface area contributed by atoms with E-state index in [1.54, 1.807) is 23.2 Å². The lowest BCUT2D eigenvalue weighted by molar-refractivity contribution is -0.0642. The molecule has 1 aromatic carbocycles. The van der Waals surface area contributed by atoms with Crippen molar-refractivity contribution in [1.82, 2.24) is 9.88 Å². The molecule has 0 aliphatic carbocycles. The third-order valence-corrected chi connectivity index (χ3v) is 4.01. The number of ether oxygens (including phenoxy) is 2. The van der Waals surface area contributed by atoms with Gasteiger partial charge in [0.2, 0.25) is 5.88 Å². The first-order chi connectivity index (χ1) is 12.2. The Labute approximate surface area is 147 Å². The Kier molecular flexibility index (Phi) is 5.50. The van der Waals surface area contributed by atoms with Crippen LogP contribution in [-0.2, 0) is 4.74 Å². The molecular weight excluding hydrogens is 318 g/mol. The van der Waals surface area contributed by atoms with Gasteiger partial charge in [0.25, 0.3) is 0 Å². The molecule has 1 aliphatic heterocycles. The first-order valence-corrected chi connectivity index (χ1v) is 8.51. The van der Waals surface area contributed by atoms with E-state index in [1.807, 2.05) is 44.2 Å². The Morgan fingerprint density at radius 1 is 1.28 bits per heavy atom. The minimum Gasteiger partial charge on any atom is -0.476 e. The van der Waals surface area contributed by atoms with Gasteiger partial charge in [0.15, 0.2) is 0 Å². The number of morpholine rings is 1. The topological polar surface area (TPSA) is 63.7 Å². The fourth-order valence-corrected chi connectivity index (χ4v) is 2.90. The third kappa shape index (κ3) is 4.28. The van der Waals surface area contributed by atoms with E-state index in [2.05, 4.69) is 10.3 Å². The maximum Gasteiger partial charge on any atom is 0.322 e. The van der Waals surface area contributed by atoms with Gasteiger partial charge in [-0.15, -0.1) is 0 Å². The van der Waals surface area contributed by atoms with E-state index in [4.69, 9.17) is 9.47 Å². The Bertz CT molecular complexity index is 708. The monoisotopic (exact) mass is 341 g/mol. The number of amides is 2. The number of hydrogen-bond donors (Lipinski definition) is 1. The lowest BCUT2D eigenvalue weighted by Gasteiger charge is -2.37. The number of anilines is 1. The molecule has 1 saturated heterocycles. The molecule has 2 amide bonds. The van der Waals surface area contributed by atoms with Gasteiger partial charge in [-0.1, -0.05) is 30.3 Å². The number of urea groups is 1. The van der Waals surface area contributed by atoms with E-state index >= 15 is 0 Å². The number of nitrogens with one attached hydrogen (secondary N) is 1. The van der Waals surface area contributed by atoms with E-state index in [1.165, 1.54) is 0 Å². The molecule has 6 nitrogen and oxygen atoms in total. The summed E-state index contributed by atoms with van der Waals surface area (Å²) >= 11 is 0. The van der Waals surface area contributed by atoms with Crippen LogP contribution in [-0.4, -0.2) is 41.7 Å². The number of pyridine rings is 1. The van der Waals surface area contributed by atoms with E-state index in [9.17, 15) is 4.79 Å². The second-order valence-electron chi connectivity index (χ2n) is 5.97. The highest BCUT2D eigenvalue weighted by Gasteiger charge is 2.29. The number of carbonyl (C=O) groups excluding carboxylic acids is 1. The Morgan fingerprint density at radius 3 is 2.84 bits per heavy atom. The fraction of sp³-hybridized carbons (Fsp3) is 0.368. The third-order valence-electron chi connectivity index (χ3n) is 4.01. The van der Waals surface area contributed by atoms with E-state index in [0.717, 1.165) is 5.56 Å². The molecule has 6 heteroatoms. The molecule has 2 aromatic rings. The van der Waals surface area contributed by atoms with Crippen LogP contribution >= 0.6 is 0 Å². The minimum absolute atomic E-state index is 0.0371. The molecule has 0 unspecified atom stereocenters. The van der Waals surface area contributed by atoms with Crippen molar-refractivity contribution in [1.29, 1.82) is 0 Å². The average molecular weight is 341 g/mol. The molecule has 0 saturated carbocycles. The number of hydrogen-bond acceptors (Lipinski definition) is 4. The van der Waals surface area contributed by atoms with Crippen LogP contribution in [0.2, 0.25) is 0 Å². The second-order valence-corrected chi connectivity index (χ2v) is 5.97. The highest BCUT2D eigenvalue weighted by molar-refractivity contribution is 5.90. The zero-order valence-corrected chi connectivity index (χ0v) is 14.5. The number of rotatable bonds is 4. The largest absolute Gasteiger partial charge is 0.476 e. The van der Waals surface area contributed by atoms with Crippen molar-refractivity contribution in [3.63, 3.8) is 0 Å². The van der Waals surface area contributed by atoms with E-state index in [0.29, 0.717) is 31.3 Å². The summed E-state index contributed by atoms with van der Waals surface area (Å²) < 4.78 is 11.5. The molecule has 0 spiro atoms. The highest BCUT2D eigenvalue weighted by atomic mass is 16.5. The molecule has 132 valence electrons. The van der Waals surface area contributed by atoms with Gasteiger partial charge in [-0.05, 0) is 31.5 Å². The summed E-state index contributed by atoms with van der Waals surface area (Å²) in [6, 6.07) is 13.4. The van der Waals surface area contributed by atoms with Crippen molar-refractivity contribution < 1.29 is 14.3 Å². The van der Waals surface area contributed by atoms with Gasteiger partial charge in [-0.25, -0.2) is 9.78 Å². The summed E-state index contributed by atoms with van der Waals surface area (Å²) in [6.07, 6.45) is 1.48. The Hall–Kier alpha value is -2.60. The fourth-order valence-electron chi connectivity index (χ4n) is 2.90. The van der Waals surface area contributed by atoms with Gasteiger partial charge in [-0.3, -0.25) is 0 Å². The zero-order valence-electron chi connectivity index (χ0n) is 14.5. The zero-order chi connectivity index (χ0) is 17.6. The highest BCUT2D eigenvalue weighted by Crippen LogP contribution is 2.26. The molecular formula is C19H23N3O3. The number of carbonyl (C=O) groups is 1. The molecule has 1 N–H and O–H groups in total. The maximum absolute atomic E-state index is 12.7. The smallest absolute Gasteiger partial charge is 0.322 e. The summed E-state index contributed by atoms with van der Waals surface area (Å²) in [6.45, 7) is 5.40. The van der Waals surface area contributed by atoms with Crippen LogP contribution in [0.25, 0.3) is 0 Å². The molecule has 0 bridgehead atoms. The molecule has 2 atom stereocenters. The second kappa shape index (κ2) is 7.98. The van der Waals surface area contributed by atoms with Crippen molar-refractivity contribution in [3.8, 4) is 5.88 Å². The predicted molar refractivity (Wildman–Crippen MR) is 95.7 cm³/mol. The van der Waals surface area contributed by atoms with Gasteiger partial charge in [0.1, 0.15) is 11.8 Å². The lowest BCUT2D eigenvalue weighted by Crippen LogP contribution is -2.47. The van der Waals surface area contributed by atoms with Crippen LogP contribution in [0, 0.1) is 0 Å². The molecule has 3 rings (SSSR count). The van der Waals surface area contributed by atoms with Crippen LogP contribution in [0.1, 0.15) is 25.5 Å². The Balaban J connectivity index is 1.71. The SMILES string of the molecule is CCOc1ncccc1NC(=O)N1C[C@@H](C)O[C@@H](c2ccccc2)C1. The van der Waals surface area contributed by atoms with Crippen LogP contribution in [0.4, 0.5) is 10.5 Å². The first kappa shape index (κ1) is 17.2. The van der Waals surface area contributed by atoms with Crippen molar-refractivity contribution in [2.45, 2.75) is 26.1 Å². The van der Waals surface area contributed by atoms with Crippen molar-refractivity contribution in [2.75, 3.05) is 25.0 Å². The number of benzene rings is 1. The maximum atomic E-state index is 12.7.